The average Bonchev–Trinajstić information content (AvgIpc) is 1.85. The highest BCUT2D eigenvalue weighted by molar-refractivity contribution is 9.10. The summed E-state index contributed by atoms with van der Waals surface area (Å²) in [5.41, 5.74) is 1.24. The fraction of sp³-hybridized carbons (Fsp3) is 0.286. The molecule has 1 rings (SSSR count). The molecule has 0 N–H and O–H groups in total. The molecule has 0 atom stereocenters. The highest BCUT2D eigenvalue weighted by Crippen LogP contribution is 2.17. The SMILES string of the molecule is CSc1cc(C)cc(Br)n1. The Bertz CT molecular complexity index is 217. The molecule has 0 bridgehead atoms. The summed E-state index contributed by atoms with van der Waals surface area (Å²) in [6.07, 6.45) is 2.02. The third kappa shape index (κ3) is 1.99. The van der Waals surface area contributed by atoms with Crippen LogP contribution < -0.4 is 0 Å². The van der Waals surface area contributed by atoms with E-state index >= 15 is 0 Å². The van der Waals surface area contributed by atoms with E-state index < -0.39 is 0 Å². The van der Waals surface area contributed by atoms with Gasteiger partial charge in [-0.05, 0) is 46.8 Å². The van der Waals surface area contributed by atoms with Gasteiger partial charge in [-0.3, -0.25) is 0 Å². The van der Waals surface area contributed by atoms with Crippen LogP contribution in [0.15, 0.2) is 21.8 Å². The Labute approximate surface area is 73.4 Å². The molecule has 0 fully saturated rings. The third-order valence-electron chi connectivity index (χ3n) is 1.12. The second kappa shape index (κ2) is 3.39. The molecule has 1 aromatic rings. The van der Waals surface area contributed by atoms with E-state index in [-0.39, 0.29) is 0 Å². The molecule has 0 amide bonds. The first-order valence-electron chi connectivity index (χ1n) is 2.90. The molecule has 0 aliphatic rings. The number of aromatic nitrogens is 1. The van der Waals surface area contributed by atoms with Gasteiger partial charge in [-0.25, -0.2) is 4.98 Å². The van der Waals surface area contributed by atoms with Crippen LogP contribution in [0.3, 0.4) is 0 Å². The normalized spacial score (nSPS) is 9.90. The summed E-state index contributed by atoms with van der Waals surface area (Å²) in [5.74, 6) is 0. The molecule has 0 aliphatic heterocycles. The molecular formula is C7H8BrNS. The molecule has 0 radical (unpaired) electrons. The zero-order chi connectivity index (χ0) is 7.56. The largest absolute Gasteiger partial charge is 0.235 e. The van der Waals surface area contributed by atoms with E-state index in [9.17, 15) is 0 Å². The number of hydrogen-bond acceptors (Lipinski definition) is 2. The van der Waals surface area contributed by atoms with Gasteiger partial charge in [0.25, 0.3) is 0 Å². The van der Waals surface area contributed by atoms with Gasteiger partial charge in [0, 0.05) is 0 Å². The summed E-state index contributed by atoms with van der Waals surface area (Å²) in [7, 11) is 0. The molecule has 1 aromatic heterocycles. The van der Waals surface area contributed by atoms with Crippen molar-refractivity contribution in [1.82, 2.24) is 4.98 Å². The molecule has 0 saturated carbocycles. The molecule has 0 spiro atoms. The van der Waals surface area contributed by atoms with Crippen LogP contribution in [0.2, 0.25) is 0 Å². The quantitative estimate of drug-likeness (QED) is 0.531. The minimum absolute atomic E-state index is 0.914. The first kappa shape index (κ1) is 8.08. The molecule has 1 nitrogen and oxygen atoms in total. The summed E-state index contributed by atoms with van der Waals surface area (Å²) in [6.45, 7) is 2.06. The second-order valence-electron chi connectivity index (χ2n) is 2.01. The first-order chi connectivity index (χ1) is 4.72. The number of halogens is 1. The van der Waals surface area contributed by atoms with Gasteiger partial charge in [0.2, 0.25) is 0 Å². The first-order valence-corrected chi connectivity index (χ1v) is 4.92. The lowest BCUT2D eigenvalue weighted by Gasteiger charge is -1.97. The van der Waals surface area contributed by atoms with E-state index in [1.54, 1.807) is 11.8 Å². The molecule has 0 aromatic carbocycles. The van der Waals surface area contributed by atoms with Crippen LogP contribution in [0.1, 0.15) is 5.56 Å². The lowest BCUT2D eigenvalue weighted by Crippen LogP contribution is -1.81. The number of thioether (sulfide) groups is 1. The lowest BCUT2D eigenvalue weighted by atomic mass is 10.3. The van der Waals surface area contributed by atoms with Crippen molar-refractivity contribution >= 4 is 27.7 Å². The third-order valence-corrected chi connectivity index (χ3v) is 2.16. The zero-order valence-corrected chi connectivity index (χ0v) is 8.29. The van der Waals surface area contributed by atoms with Crippen LogP contribution in [0.25, 0.3) is 0 Å². The van der Waals surface area contributed by atoms with Crippen LogP contribution in [0.5, 0.6) is 0 Å². The van der Waals surface area contributed by atoms with E-state index in [0.29, 0.717) is 0 Å². The topological polar surface area (TPSA) is 12.9 Å². The Morgan fingerprint density at radius 3 is 2.70 bits per heavy atom. The summed E-state index contributed by atoms with van der Waals surface area (Å²) >= 11 is 4.99. The highest BCUT2D eigenvalue weighted by atomic mass is 79.9. The predicted octanol–water partition coefficient (Wildman–Crippen LogP) is 2.87. The van der Waals surface area contributed by atoms with Crippen molar-refractivity contribution in [2.24, 2.45) is 0 Å². The number of aryl methyl sites for hydroxylation is 1. The van der Waals surface area contributed by atoms with Gasteiger partial charge >= 0.3 is 0 Å². The number of rotatable bonds is 1. The van der Waals surface area contributed by atoms with Crippen LogP contribution in [-0.2, 0) is 0 Å². The fourth-order valence-corrected chi connectivity index (χ4v) is 1.86. The van der Waals surface area contributed by atoms with Gasteiger partial charge in [-0.2, -0.15) is 0 Å². The smallest absolute Gasteiger partial charge is 0.107 e. The van der Waals surface area contributed by atoms with Crippen LogP contribution in [-0.4, -0.2) is 11.2 Å². The predicted molar refractivity (Wildman–Crippen MR) is 48.5 cm³/mol. The Hall–Kier alpha value is -0.0200. The summed E-state index contributed by atoms with van der Waals surface area (Å²) in [4.78, 5) is 4.23. The average molecular weight is 218 g/mol. The van der Waals surface area contributed by atoms with Gasteiger partial charge in [0.15, 0.2) is 0 Å². The van der Waals surface area contributed by atoms with Crippen molar-refractivity contribution in [2.45, 2.75) is 11.9 Å². The van der Waals surface area contributed by atoms with Crippen molar-refractivity contribution in [2.75, 3.05) is 6.26 Å². The zero-order valence-electron chi connectivity index (χ0n) is 5.89. The molecule has 1 heterocycles. The monoisotopic (exact) mass is 217 g/mol. The summed E-state index contributed by atoms with van der Waals surface area (Å²) in [6, 6.07) is 4.06. The Morgan fingerprint density at radius 1 is 1.50 bits per heavy atom. The molecule has 0 saturated heterocycles. The van der Waals surface area contributed by atoms with E-state index in [2.05, 4.69) is 33.9 Å². The Morgan fingerprint density at radius 2 is 2.20 bits per heavy atom. The summed E-state index contributed by atoms with van der Waals surface area (Å²) < 4.78 is 0.914. The minimum atomic E-state index is 0.914. The molecule has 0 aliphatic carbocycles. The molecule has 0 unspecified atom stereocenters. The Balaban J connectivity index is 3.06. The maximum Gasteiger partial charge on any atom is 0.107 e. The summed E-state index contributed by atoms with van der Waals surface area (Å²) in [5, 5.41) is 1.06. The van der Waals surface area contributed by atoms with Crippen molar-refractivity contribution in [3.63, 3.8) is 0 Å². The van der Waals surface area contributed by atoms with E-state index in [4.69, 9.17) is 0 Å². The molecular weight excluding hydrogens is 210 g/mol. The number of pyridine rings is 1. The second-order valence-corrected chi connectivity index (χ2v) is 3.65. The fourth-order valence-electron chi connectivity index (χ4n) is 0.699. The van der Waals surface area contributed by atoms with Crippen molar-refractivity contribution in [3.05, 3.63) is 22.3 Å². The minimum Gasteiger partial charge on any atom is -0.235 e. The molecule has 10 heavy (non-hydrogen) atoms. The van der Waals surface area contributed by atoms with Crippen molar-refractivity contribution in [1.29, 1.82) is 0 Å². The number of hydrogen-bond donors (Lipinski definition) is 0. The maximum absolute atomic E-state index is 4.23. The molecule has 54 valence electrons. The lowest BCUT2D eigenvalue weighted by molar-refractivity contribution is 1.08. The van der Waals surface area contributed by atoms with Crippen LogP contribution in [0, 0.1) is 6.92 Å². The van der Waals surface area contributed by atoms with Gasteiger partial charge in [-0.15, -0.1) is 11.8 Å². The number of nitrogens with zero attached hydrogens (tertiary/aromatic N) is 1. The van der Waals surface area contributed by atoms with Crippen LogP contribution >= 0.6 is 27.7 Å². The van der Waals surface area contributed by atoms with Crippen LogP contribution in [0.4, 0.5) is 0 Å². The van der Waals surface area contributed by atoms with E-state index in [0.717, 1.165) is 9.63 Å². The Kier molecular flexibility index (Phi) is 2.74. The maximum atomic E-state index is 4.23. The van der Waals surface area contributed by atoms with Gasteiger partial charge in [-0.1, -0.05) is 0 Å². The van der Waals surface area contributed by atoms with Crippen molar-refractivity contribution < 1.29 is 0 Å². The van der Waals surface area contributed by atoms with Gasteiger partial charge in [0.05, 0.1) is 5.03 Å². The standard InChI is InChI=1S/C7H8BrNS/c1-5-3-6(8)9-7(4-5)10-2/h3-4H,1-2H3. The van der Waals surface area contributed by atoms with E-state index in [1.165, 1.54) is 5.56 Å². The van der Waals surface area contributed by atoms with Gasteiger partial charge in [0.1, 0.15) is 4.60 Å². The van der Waals surface area contributed by atoms with Crippen molar-refractivity contribution in [3.8, 4) is 0 Å². The van der Waals surface area contributed by atoms with E-state index in [1.807, 2.05) is 12.3 Å². The van der Waals surface area contributed by atoms with Gasteiger partial charge < -0.3 is 0 Å². The molecule has 3 heteroatoms. The highest BCUT2D eigenvalue weighted by Gasteiger charge is 1.94.